The van der Waals surface area contributed by atoms with Gasteiger partial charge in [-0.15, -0.1) is 0 Å². The van der Waals surface area contributed by atoms with Gasteiger partial charge in [-0.2, -0.15) is 0 Å². The minimum atomic E-state index is -0.260. The van der Waals surface area contributed by atoms with Gasteiger partial charge in [0.2, 0.25) is 6.41 Å². The molecule has 1 N–H and O–H groups in total. The lowest BCUT2D eigenvalue weighted by molar-refractivity contribution is -0.111. The van der Waals surface area contributed by atoms with Crippen molar-refractivity contribution in [3.05, 3.63) is 35.9 Å². The molecule has 1 rings (SSSR count). The summed E-state index contributed by atoms with van der Waals surface area (Å²) in [5.74, 6) is 0.236. The highest BCUT2D eigenvalue weighted by Crippen LogP contribution is 2.18. The predicted octanol–water partition coefficient (Wildman–Crippen LogP) is 3.56. The fourth-order valence-corrected chi connectivity index (χ4v) is 2.28. The van der Waals surface area contributed by atoms with Gasteiger partial charge in [0.1, 0.15) is 0 Å². The highest BCUT2D eigenvalue weighted by molar-refractivity contribution is 5.89. The maximum absolute atomic E-state index is 11.8. The van der Waals surface area contributed by atoms with Gasteiger partial charge >= 0.3 is 5.97 Å². The molecule has 0 aliphatic rings. The van der Waals surface area contributed by atoms with Gasteiger partial charge in [0, 0.05) is 5.54 Å². The standard InChI is InChI=1S/C18H27NO3/c1-15(8-7-12-18(2,3)19-14-20)11-13-22-17(21)16-9-5-4-6-10-16/h4-6,9-10,14-15H,7-8,11-13H2,1-3H3,(H,19,20). The van der Waals surface area contributed by atoms with Gasteiger partial charge in [0.25, 0.3) is 0 Å². The van der Waals surface area contributed by atoms with Crippen LogP contribution in [0.25, 0.3) is 0 Å². The molecule has 122 valence electrons. The molecule has 0 heterocycles. The van der Waals surface area contributed by atoms with Crippen molar-refractivity contribution in [1.82, 2.24) is 5.32 Å². The Morgan fingerprint density at radius 2 is 1.95 bits per heavy atom. The van der Waals surface area contributed by atoms with Gasteiger partial charge in [0.15, 0.2) is 0 Å². The van der Waals surface area contributed by atoms with Crippen LogP contribution in [0.5, 0.6) is 0 Å². The van der Waals surface area contributed by atoms with Crippen LogP contribution in [0, 0.1) is 5.92 Å². The first kappa shape index (κ1) is 18.2. The lowest BCUT2D eigenvalue weighted by atomic mass is 9.93. The van der Waals surface area contributed by atoms with E-state index in [2.05, 4.69) is 12.2 Å². The Balaban J connectivity index is 2.17. The number of ether oxygens (including phenoxy) is 1. The van der Waals surface area contributed by atoms with Crippen LogP contribution in [-0.4, -0.2) is 24.5 Å². The summed E-state index contributed by atoms with van der Waals surface area (Å²) in [4.78, 5) is 22.3. The Morgan fingerprint density at radius 3 is 2.59 bits per heavy atom. The van der Waals surface area contributed by atoms with E-state index in [1.165, 1.54) is 0 Å². The number of carbonyl (C=O) groups is 2. The molecule has 1 aromatic carbocycles. The van der Waals surface area contributed by atoms with Gasteiger partial charge in [-0.25, -0.2) is 4.79 Å². The first-order valence-electron chi connectivity index (χ1n) is 7.88. The second-order valence-electron chi connectivity index (χ2n) is 6.43. The van der Waals surface area contributed by atoms with Gasteiger partial charge in [0.05, 0.1) is 12.2 Å². The smallest absolute Gasteiger partial charge is 0.338 e. The van der Waals surface area contributed by atoms with E-state index in [0.717, 1.165) is 32.1 Å². The quantitative estimate of drug-likeness (QED) is 0.531. The second kappa shape index (κ2) is 9.23. The molecular formula is C18H27NO3. The van der Waals surface area contributed by atoms with E-state index in [1.54, 1.807) is 12.1 Å². The number of esters is 1. The first-order chi connectivity index (χ1) is 10.4. The van der Waals surface area contributed by atoms with E-state index in [0.29, 0.717) is 18.1 Å². The normalized spacial score (nSPS) is 12.5. The maximum Gasteiger partial charge on any atom is 0.338 e. The summed E-state index contributed by atoms with van der Waals surface area (Å²) in [5, 5.41) is 2.82. The number of benzene rings is 1. The number of hydrogen-bond donors (Lipinski definition) is 1. The second-order valence-corrected chi connectivity index (χ2v) is 6.43. The van der Waals surface area contributed by atoms with Crippen molar-refractivity contribution in [1.29, 1.82) is 0 Å². The molecule has 0 fully saturated rings. The number of amides is 1. The van der Waals surface area contributed by atoms with E-state index >= 15 is 0 Å². The van der Waals surface area contributed by atoms with Crippen molar-refractivity contribution in [2.45, 2.75) is 52.0 Å². The number of rotatable bonds is 10. The van der Waals surface area contributed by atoms with Crippen molar-refractivity contribution in [2.75, 3.05) is 6.61 Å². The van der Waals surface area contributed by atoms with E-state index in [1.807, 2.05) is 32.0 Å². The summed E-state index contributed by atoms with van der Waals surface area (Å²) in [5.41, 5.74) is 0.443. The molecule has 0 aromatic heterocycles. The molecule has 0 aliphatic heterocycles. The highest BCUT2D eigenvalue weighted by Gasteiger charge is 2.16. The lowest BCUT2D eigenvalue weighted by Gasteiger charge is -2.24. The van der Waals surface area contributed by atoms with Crippen molar-refractivity contribution >= 4 is 12.4 Å². The zero-order valence-electron chi connectivity index (χ0n) is 13.8. The summed E-state index contributed by atoms with van der Waals surface area (Å²) in [6.45, 7) is 6.66. The molecule has 1 aromatic rings. The summed E-state index contributed by atoms with van der Waals surface area (Å²) in [7, 11) is 0. The number of hydrogen-bond acceptors (Lipinski definition) is 3. The fourth-order valence-electron chi connectivity index (χ4n) is 2.28. The zero-order valence-corrected chi connectivity index (χ0v) is 13.8. The molecule has 22 heavy (non-hydrogen) atoms. The maximum atomic E-state index is 11.8. The van der Waals surface area contributed by atoms with Crippen molar-refractivity contribution in [2.24, 2.45) is 5.92 Å². The van der Waals surface area contributed by atoms with Crippen molar-refractivity contribution in [3.8, 4) is 0 Å². The monoisotopic (exact) mass is 305 g/mol. The van der Waals surface area contributed by atoms with Crippen molar-refractivity contribution in [3.63, 3.8) is 0 Å². The molecule has 0 saturated carbocycles. The number of carbonyl (C=O) groups excluding carboxylic acids is 2. The largest absolute Gasteiger partial charge is 0.462 e. The molecule has 0 bridgehead atoms. The molecule has 1 atom stereocenters. The zero-order chi connectivity index (χ0) is 16.4. The molecule has 1 unspecified atom stereocenters. The molecule has 4 nitrogen and oxygen atoms in total. The molecule has 0 saturated heterocycles. The minimum absolute atomic E-state index is 0.152. The molecule has 4 heteroatoms. The molecule has 0 aliphatic carbocycles. The van der Waals surface area contributed by atoms with E-state index in [9.17, 15) is 9.59 Å². The Hall–Kier alpha value is -1.84. The highest BCUT2D eigenvalue weighted by atomic mass is 16.5. The summed E-state index contributed by atoms with van der Waals surface area (Å²) in [6.07, 6.45) is 4.67. The SMILES string of the molecule is CC(CCCC(C)(C)NC=O)CCOC(=O)c1ccccc1. The van der Waals surface area contributed by atoms with Crippen LogP contribution < -0.4 is 5.32 Å². The Morgan fingerprint density at radius 1 is 1.27 bits per heavy atom. The number of nitrogens with one attached hydrogen (secondary N) is 1. The lowest BCUT2D eigenvalue weighted by Crippen LogP contribution is -2.38. The van der Waals surface area contributed by atoms with Gasteiger partial charge < -0.3 is 10.1 Å². The average molecular weight is 305 g/mol. The van der Waals surface area contributed by atoms with E-state index in [-0.39, 0.29) is 11.5 Å². The van der Waals surface area contributed by atoms with Crippen LogP contribution in [0.4, 0.5) is 0 Å². The third-order valence-electron chi connectivity index (χ3n) is 3.80. The van der Waals surface area contributed by atoms with Crippen LogP contribution in [0.2, 0.25) is 0 Å². The average Bonchev–Trinajstić information content (AvgIpc) is 2.47. The molecule has 1 amide bonds. The minimum Gasteiger partial charge on any atom is -0.462 e. The Bertz CT molecular complexity index is 457. The summed E-state index contributed by atoms with van der Waals surface area (Å²) < 4.78 is 5.29. The van der Waals surface area contributed by atoms with Crippen molar-refractivity contribution < 1.29 is 14.3 Å². The van der Waals surface area contributed by atoms with Crippen LogP contribution in [-0.2, 0) is 9.53 Å². The van der Waals surface area contributed by atoms with Crippen LogP contribution >= 0.6 is 0 Å². The molecule has 0 spiro atoms. The molecule has 0 radical (unpaired) electrons. The molecular weight excluding hydrogens is 278 g/mol. The summed E-state index contributed by atoms with van der Waals surface area (Å²) in [6, 6.07) is 9.05. The predicted molar refractivity (Wildman–Crippen MR) is 87.6 cm³/mol. The first-order valence-corrected chi connectivity index (χ1v) is 7.88. The summed E-state index contributed by atoms with van der Waals surface area (Å²) >= 11 is 0. The van der Waals surface area contributed by atoms with E-state index in [4.69, 9.17) is 4.74 Å². The van der Waals surface area contributed by atoms with Crippen LogP contribution in [0.1, 0.15) is 56.8 Å². The third kappa shape index (κ3) is 7.25. The van der Waals surface area contributed by atoms with Crippen LogP contribution in [0.3, 0.4) is 0 Å². The third-order valence-corrected chi connectivity index (χ3v) is 3.80. The van der Waals surface area contributed by atoms with Gasteiger partial charge in [-0.3, -0.25) is 4.79 Å². The Labute approximate surface area is 133 Å². The topological polar surface area (TPSA) is 55.4 Å². The van der Waals surface area contributed by atoms with E-state index < -0.39 is 0 Å². The van der Waals surface area contributed by atoms with Crippen LogP contribution in [0.15, 0.2) is 30.3 Å². The fraction of sp³-hybridized carbons (Fsp3) is 0.556. The van der Waals surface area contributed by atoms with Gasteiger partial charge in [-0.05, 0) is 44.7 Å². The Kier molecular flexibility index (Phi) is 7.64. The van der Waals surface area contributed by atoms with Gasteiger partial charge in [-0.1, -0.05) is 38.0 Å².